The van der Waals surface area contributed by atoms with Crippen molar-refractivity contribution in [1.29, 1.82) is 0 Å². The number of nitrogen functional groups attached to an aromatic ring is 1. The molecule has 130 valence electrons. The van der Waals surface area contributed by atoms with Crippen molar-refractivity contribution in [3.63, 3.8) is 0 Å². The van der Waals surface area contributed by atoms with Gasteiger partial charge >= 0.3 is 0 Å². The van der Waals surface area contributed by atoms with E-state index in [4.69, 9.17) is 5.73 Å². The van der Waals surface area contributed by atoms with E-state index in [-0.39, 0.29) is 11.5 Å². The van der Waals surface area contributed by atoms with E-state index < -0.39 is 0 Å². The molecule has 3 nitrogen and oxygen atoms in total. The predicted molar refractivity (Wildman–Crippen MR) is 109 cm³/mol. The second-order valence-electron chi connectivity index (χ2n) is 6.52. The Kier molecular flexibility index (Phi) is 3.49. The van der Waals surface area contributed by atoms with Gasteiger partial charge in [0.25, 0.3) is 0 Å². The van der Waals surface area contributed by atoms with Crippen molar-refractivity contribution in [3.05, 3.63) is 83.9 Å². The van der Waals surface area contributed by atoms with E-state index in [1.54, 1.807) is 6.07 Å². The van der Waals surface area contributed by atoms with E-state index in [2.05, 4.69) is 0 Å². The monoisotopic (exact) mass is 369 g/mol. The molecule has 5 rings (SSSR count). The van der Waals surface area contributed by atoms with Crippen LogP contribution in [0.1, 0.15) is 15.9 Å². The number of benzene rings is 4. The normalized spacial score (nSPS) is 12.2. The Hall–Kier alpha value is -3.24. The molecule has 0 spiro atoms. The minimum Gasteiger partial charge on any atom is -0.507 e. The first-order valence-corrected chi connectivity index (χ1v) is 9.42. The largest absolute Gasteiger partial charge is 0.507 e. The zero-order chi connectivity index (χ0) is 18.5. The quantitative estimate of drug-likeness (QED) is 0.404. The molecule has 0 saturated heterocycles. The summed E-state index contributed by atoms with van der Waals surface area (Å²) in [7, 11) is 0. The van der Waals surface area contributed by atoms with E-state index in [9.17, 15) is 9.90 Å². The van der Waals surface area contributed by atoms with Gasteiger partial charge < -0.3 is 10.8 Å². The van der Waals surface area contributed by atoms with E-state index in [0.717, 1.165) is 26.8 Å². The maximum Gasteiger partial charge on any atom is 0.194 e. The summed E-state index contributed by atoms with van der Waals surface area (Å²) < 4.78 is 0. The van der Waals surface area contributed by atoms with Crippen molar-refractivity contribution in [1.82, 2.24) is 0 Å². The molecule has 0 amide bonds. The lowest BCUT2D eigenvalue weighted by Gasteiger charge is -2.22. The molecule has 3 N–H and O–H groups in total. The molecule has 0 atom stereocenters. The van der Waals surface area contributed by atoms with Gasteiger partial charge in [-0.3, -0.25) is 4.79 Å². The van der Waals surface area contributed by atoms with Gasteiger partial charge in [-0.25, -0.2) is 0 Å². The van der Waals surface area contributed by atoms with Crippen LogP contribution in [0.5, 0.6) is 5.75 Å². The van der Waals surface area contributed by atoms with Gasteiger partial charge in [0.15, 0.2) is 5.78 Å². The number of carbonyl (C=O) groups excluding carboxylic acids is 1. The lowest BCUT2D eigenvalue weighted by molar-refractivity contribution is 0.104. The van der Waals surface area contributed by atoms with Gasteiger partial charge in [-0.1, -0.05) is 66.4 Å². The van der Waals surface area contributed by atoms with Crippen molar-refractivity contribution in [3.8, 4) is 16.9 Å². The van der Waals surface area contributed by atoms with Crippen LogP contribution in [0.2, 0.25) is 0 Å². The van der Waals surface area contributed by atoms with Crippen molar-refractivity contribution in [2.24, 2.45) is 0 Å². The minimum absolute atomic E-state index is 0.0181. The lowest BCUT2D eigenvalue weighted by Crippen LogP contribution is -2.10. The molecule has 4 aromatic rings. The number of aromatic hydroxyl groups is 1. The highest BCUT2D eigenvalue weighted by molar-refractivity contribution is 7.99. The molecule has 1 aliphatic rings. The fraction of sp³-hybridized carbons (Fsp3) is 0. The Bertz CT molecular complexity index is 1250. The zero-order valence-electron chi connectivity index (χ0n) is 14.3. The molecule has 4 heteroatoms. The number of nitrogens with two attached hydrogens (primary N) is 1. The highest BCUT2D eigenvalue weighted by Crippen LogP contribution is 2.48. The molecule has 0 aliphatic heterocycles. The van der Waals surface area contributed by atoms with Crippen molar-refractivity contribution in [2.75, 3.05) is 5.73 Å². The van der Waals surface area contributed by atoms with Crippen LogP contribution in [0.4, 0.5) is 5.69 Å². The first-order valence-electron chi connectivity index (χ1n) is 8.60. The highest BCUT2D eigenvalue weighted by Gasteiger charge is 2.27. The molecule has 0 fully saturated rings. The molecular formula is C23H15NO2S. The number of phenolic OH excluding ortho intramolecular Hbond substituents is 1. The van der Waals surface area contributed by atoms with Crippen molar-refractivity contribution < 1.29 is 9.90 Å². The number of anilines is 1. The van der Waals surface area contributed by atoms with Gasteiger partial charge in [0.05, 0.1) is 4.90 Å². The van der Waals surface area contributed by atoms with Crippen molar-refractivity contribution >= 4 is 34.0 Å². The van der Waals surface area contributed by atoms with E-state index >= 15 is 0 Å². The van der Waals surface area contributed by atoms with Crippen LogP contribution in [-0.4, -0.2) is 10.9 Å². The Balaban J connectivity index is 1.83. The lowest BCUT2D eigenvalue weighted by atomic mass is 9.83. The average molecular weight is 369 g/mol. The molecule has 0 bridgehead atoms. The summed E-state index contributed by atoms with van der Waals surface area (Å²) in [4.78, 5) is 14.6. The summed E-state index contributed by atoms with van der Waals surface area (Å²) in [6, 6.07) is 22.5. The van der Waals surface area contributed by atoms with E-state index in [1.807, 2.05) is 66.7 Å². The molecule has 1 aliphatic carbocycles. The van der Waals surface area contributed by atoms with E-state index in [1.165, 1.54) is 11.8 Å². The van der Waals surface area contributed by atoms with Crippen LogP contribution in [0.15, 0.2) is 82.6 Å². The van der Waals surface area contributed by atoms with Gasteiger partial charge in [-0.15, -0.1) is 0 Å². The third-order valence-electron chi connectivity index (χ3n) is 4.93. The number of ketones is 1. The number of hydrogen-bond donors (Lipinski definition) is 2. The molecule has 0 unspecified atom stereocenters. The number of hydrogen-bond acceptors (Lipinski definition) is 4. The maximum absolute atomic E-state index is 13.0. The van der Waals surface area contributed by atoms with Crippen LogP contribution in [0.3, 0.4) is 0 Å². The number of phenols is 1. The topological polar surface area (TPSA) is 63.3 Å². The predicted octanol–water partition coefficient (Wildman–Crippen LogP) is 5.49. The molecule has 0 heterocycles. The van der Waals surface area contributed by atoms with Crippen LogP contribution >= 0.6 is 11.8 Å². The fourth-order valence-corrected chi connectivity index (χ4v) is 4.69. The summed E-state index contributed by atoms with van der Waals surface area (Å²) in [5, 5.41) is 12.6. The molecule has 0 radical (unpaired) electrons. The standard InChI is InChI=1S/C23H15NO2S/c24-18-10-3-4-11-20(18)27-23-16-9-5-8-15-21(16)17(12-19(23)25)13-6-1-2-7-14(13)22(15)26/h1-12,25H,24H2. The third kappa shape index (κ3) is 2.34. The second-order valence-corrected chi connectivity index (χ2v) is 7.57. The summed E-state index contributed by atoms with van der Waals surface area (Å²) in [6.07, 6.45) is 0. The Morgan fingerprint density at radius 1 is 0.778 bits per heavy atom. The van der Waals surface area contributed by atoms with Crippen molar-refractivity contribution in [2.45, 2.75) is 9.79 Å². The molecule has 27 heavy (non-hydrogen) atoms. The van der Waals surface area contributed by atoms with Gasteiger partial charge in [0.2, 0.25) is 0 Å². The van der Waals surface area contributed by atoms with Crippen LogP contribution in [0.25, 0.3) is 21.9 Å². The number of para-hydroxylation sites is 1. The van der Waals surface area contributed by atoms with Crippen LogP contribution in [0, 0.1) is 0 Å². The summed E-state index contributed by atoms with van der Waals surface area (Å²) in [5.74, 6) is 0.205. The number of fused-ring (bicyclic) bond motifs is 2. The zero-order valence-corrected chi connectivity index (χ0v) is 15.1. The number of carbonyl (C=O) groups is 1. The third-order valence-corrected chi connectivity index (χ3v) is 6.15. The Morgan fingerprint density at radius 2 is 1.48 bits per heavy atom. The maximum atomic E-state index is 13.0. The van der Waals surface area contributed by atoms with Gasteiger partial charge in [-0.2, -0.15) is 0 Å². The summed E-state index contributed by atoms with van der Waals surface area (Å²) >= 11 is 1.42. The summed E-state index contributed by atoms with van der Waals surface area (Å²) in [6.45, 7) is 0. The molecular weight excluding hydrogens is 354 g/mol. The molecule has 0 aromatic heterocycles. The van der Waals surface area contributed by atoms with Gasteiger partial charge in [0.1, 0.15) is 5.75 Å². The van der Waals surface area contributed by atoms with Gasteiger partial charge in [0, 0.05) is 32.5 Å². The second kappa shape index (κ2) is 5.89. The Labute approximate surface area is 160 Å². The first-order chi connectivity index (χ1) is 13.1. The molecule has 0 saturated carbocycles. The Morgan fingerprint density at radius 3 is 2.30 bits per heavy atom. The average Bonchev–Trinajstić information content (AvgIpc) is 2.69. The molecule has 4 aromatic carbocycles. The fourth-order valence-electron chi connectivity index (χ4n) is 3.70. The summed E-state index contributed by atoms with van der Waals surface area (Å²) in [5.41, 5.74) is 9.83. The highest BCUT2D eigenvalue weighted by atomic mass is 32.2. The van der Waals surface area contributed by atoms with Crippen LogP contribution < -0.4 is 5.73 Å². The van der Waals surface area contributed by atoms with Crippen LogP contribution in [-0.2, 0) is 0 Å². The minimum atomic E-state index is 0.0181. The SMILES string of the molecule is Nc1ccccc1Sc1c(O)cc2c3c(cccc13)C(=O)c1ccccc1-2. The van der Waals surface area contributed by atoms with E-state index in [0.29, 0.717) is 21.7 Å². The smallest absolute Gasteiger partial charge is 0.194 e. The first kappa shape index (κ1) is 16.0. The van der Waals surface area contributed by atoms with Gasteiger partial charge in [-0.05, 0) is 29.3 Å². The number of rotatable bonds is 2.